The van der Waals surface area contributed by atoms with Crippen LogP contribution in [0, 0.1) is 0 Å². The van der Waals surface area contributed by atoms with Crippen LogP contribution in [-0.4, -0.2) is 23.3 Å². The minimum absolute atomic E-state index is 0.679. The van der Waals surface area contributed by atoms with Gasteiger partial charge >= 0.3 is 0 Å². The highest BCUT2D eigenvalue weighted by Crippen LogP contribution is 2.17. The van der Waals surface area contributed by atoms with Crippen LogP contribution < -0.4 is 0 Å². The monoisotopic (exact) mass is 210 g/mol. The van der Waals surface area contributed by atoms with Crippen molar-refractivity contribution in [2.75, 3.05) is 13.7 Å². The fraction of sp³-hybridized carbons (Fsp3) is 0.300. The van der Waals surface area contributed by atoms with Crippen molar-refractivity contribution in [2.45, 2.75) is 6.54 Å². The maximum Gasteiger partial charge on any atom is 0.0959 e. The number of ether oxygens (including phenoxy) is 1. The number of benzene rings is 1. The molecule has 14 heavy (non-hydrogen) atoms. The summed E-state index contributed by atoms with van der Waals surface area (Å²) in [5.74, 6) is 0. The Balaban J connectivity index is 2.40. The first kappa shape index (κ1) is 9.49. The zero-order chi connectivity index (χ0) is 9.97. The Bertz CT molecular complexity index is 439. The van der Waals surface area contributed by atoms with Crippen molar-refractivity contribution in [3.63, 3.8) is 0 Å². The molecule has 0 aliphatic rings. The van der Waals surface area contributed by atoms with Crippen LogP contribution in [-0.2, 0) is 11.3 Å². The van der Waals surface area contributed by atoms with Gasteiger partial charge in [-0.3, -0.25) is 0 Å². The number of fused-ring (bicyclic) bond motifs is 1. The quantitative estimate of drug-likeness (QED) is 0.778. The third kappa shape index (κ3) is 1.74. The van der Waals surface area contributed by atoms with E-state index in [0.717, 1.165) is 22.6 Å². The van der Waals surface area contributed by atoms with Crippen LogP contribution in [0.5, 0.6) is 0 Å². The predicted octanol–water partition coefficient (Wildman–Crippen LogP) is 2.34. The number of aromatic nitrogens is 2. The topological polar surface area (TPSA) is 27.1 Å². The van der Waals surface area contributed by atoms with Gasteiger partial charge in [-0.25, -0.2) is 4.98 Å². The summed E-state index contributed by atoms with van der Waals surface area (Å²) in [4.78, 5) is 4.26. The summed E-state index contributed by atoms with van der Waals surface area (Å²) in [6, 6.07) is 5.68. The van der Waals surface area contributed by atoms with Crippen LogP contribution in [0.25, 0.3) is 11.0 Å². The number of halogens is 1. The van der Waals surface area contributed by atoms with Crippen molar-refractivity contribution >= 4 is 22.6 Å². The summed E-state index contributed by atoms with van der Waals surface area (Å²) in [7, 11) is 1.69. The highest BCUT2D eigenvalue weighted by atomic mass is 35.5. The minimum atomic E-state index is 0.679. The van der Waals surface area contributed by atoms with Gasteiger partial charge in [-0.15, -0.1) is 0 Å². The maximum absolute atomic E-state index is 5.91. The van der Waals surface area contributed by atoms with E-state index in [1.165, 1.54) is 0 Å². The molecule has 1 heterocycles. The standard InChI is InChI=1S/C10H11ClN2O/c1-14-5-4-13-7-12-9-3-2-8(11)6-10(9)13/h2-3,6-7H,4-5H2,1H3. The van der Waals surface area contributed by atoms with Crippen molar-refractivity contribution in [2.24, 2.45) is 0 Å². The molecule has 1 aromatic carbocycles. The third-order valence-corrected chi connectivity index (χ3v) is 2.35. The number of methoxy groups -OCH3 is 1. The lowest BCUT2D eigenvalue weighted by atomic mass is 10.3. The van der Waals surface area contributed by atoms with Gasteiger partial charge in [0.1, 0.15) is 0 Å². The van der Waals surface area contributed by atoms with Crippen molar-refractivity contribution in [3.8, 4) is 0 Å². The average molecular weight is 211 g/mol. The molecular formula is C10H11ClN2O. The number of hydrogen-bond acceptors (Lipinski definition) is 2. The molecule has 0 saturated heterocycles. The van der Waals surface area contributed by atoms with Crippen LogP contribution in [0.1, 0.15) is 0 Å². The van der Waals surface area contributed by atoms with E-state index in [4.69, 9.17) is 16.3 Å². The fourth-order valence-corrected chi connectivity index (χ4v) is 1.56. The molecule has 74 valence electrons. The SMILES string of the molecule is COCCn1cnc2ccc(Cl)cc21. The van der Waals surface area contributed by atoms with E-state index in [0.29, 0.717) is 6.61 Å². The second-order valence-corrected chi connectivity index (χ2v) is 3.50. The summed E-state index contributed by atoms with van der Waals surface area (Å²) in [5.41, 5.74) is 2.01. The van der Waals surface area contributed by atoms with Crippen molar-refractivity contribution in [1.82, 2.24) is 9.55 Å². The first-order valence-corrected chi connectivity index (χ1v) is 4.78. The number of nitrogens with zero attached hydrogens (tertiary/aromatic N) is 2. The highest BCUT2D eigenvalue weighted by molar-refractivity contribution is 6.31. The van der Waals surface area contributed by atoms with E-state index in [-0.39, 0.29) is 0 Å². The second kappa shape index (κ2) is 3.98. The van der Waals surface area contributed by atoms with Gasteiger partial charge in [-0.2, -0.15) is 0 Å². The second-order valence-electron chi connectivity index (χ2n) is 3.06. The Hall–Kier alpha value is -1.06. The van der Waals surface area contributed by atoms with Crippen molar-refractivity contribution in [3.05, 3.63) is 29.5 Å². The Morgan fingerprint density at radius 3 is 3.14 bits per heavy atom. The normalized spacial score (nSPS) is 11.0. The van der Waals surface area contributed by atoms with E-state index in [1.54, 1.807) is 13.4 Å². The molecule has 4 heteroatoms. The molecule has 0 unspecified atom stereocenters. The predicted molar refractivity (Wildman–Crippen MR) is 56.6 cm³/mol. The van der Waals surface area contributed by atoms with Gasteiger partial charge in [0.2, 0.25) is 0 Å². The van der Waals surface area contributed by atoms with Crippen LogP contribution in [0.15, 0.2) is 24.5 Å². The van der Waals surface area contributed by atoms with Gasteiger partial charge in [0, 0.05) is 18.7 Å². The van der Waals surface area contributed by atoms with Gasteiger partial charge in [0.05, 0.1) is 24.0 Å². The van der Waals surface area contributed by atoms with Gasteiger partial charge in [-0.05, 0) is 18.2 Å². The molecular weight excluding hydrogens is 200 g/mol. The Morgan fingerprint density at radius 2 is 2.36 bits per heavy atom. The fourth-order valence-electron chi connectivity index (χ4n) is 1.40. The zero-order valence-corrected chi connectivity index (χ0v) is 8.66. The molecule has 0 aliphatic carbocycles. The molecule has 0 spiro atoms. The molecule has 0 aliphatic heterocycles. The summed E-state index contributed by atoms with van der Waals surface area (Å²) >= 11 is 5.91. The van der Waals surface area contributed by atoms with Crippen LogP contribution in [0.4, 0.5) is 0 Å². The molecule has 0 fully saturated rings. The van der Waals surface area contributed by atoms with E-state index < -0.39 is 0 Å². The van der Waals surface area contributed by atoms with Gasteiger partial charge in [-0.1, -0.05) is 11.6 Å². The van der Waals surface area contributed by atoms with E-state index in [2.05, 4.69) is 4.98 Å². The lowest BCUT2D eigenvalue weighted by Crippen LogP contribution is -2.02. The first-order valence-electron chi connectivity index (χ1n) is 4.40. The Morgan fingerprint density at radius 1 is 1.50 bits per heavy atom. The lowest BCUT2D eigenvalue weighted by Gasteiger charge is -2.02. The highest BCUT2D eigenvalue weighted by Gasteiger charge is 2.02. The van der Waals surface area contributed by atoms with E-state index in [1.807, 2.05) is 22.8 Å². The molecule has 2 rings (SSSR count). The van der Waals surface area contributed by atoms with Crippen LogP contribution in [0.3, 0.4) is 0 Å². The number of rotatable bonds is 3. The molecule has 0 bridgehead atoms. The average Bonchev–Trinajstić information content (AvgIpc) is 2.57. The summed E-state index contributed by atoms with van der Waals surface area (Å²) in [6.45, 7) is 1.48. The molecule has 0 saturated carbocycles. The Kier molecular flexibility index (Phi) is 2.70. The van der Waals surface area contributed by atoms with Crippen LogP contribution in [0.2, 0.25) is 5.02 Å². The molecule has 2 aromatic rings. The molecule has 0 radical (unpaired) electrons. The molecule has 0 N–H and O–H groups in total. The number of imidazole rings is 1. The lowest BCUT2D eigenvalue weighted by molar-refractivity contribution is 0.188. The Labute approximate surface area is 87.3 Å². The molecule has 3 nitrogen and oxygen atoms in total. The smallest absolute Gasteiger partial charge is 0.0959 e. The van der Waals surface area contributed by atoms with Gasteiger partial charge < -0.3 is 9.30 Å². The first-order chi connectivity index (χ1) is 6.81. The molecule has 0 amide bonds. The summed E-state index contributed by atoms with van der Waals surface area (Å²) < 4.78 is 7.05. The third-order valence-electron chi connectivity index (χ3n) is 2.12. The zero-order valence-electron chi connectivity index (χ0n) is 7.90. The maximum atomic E-state index is 5.91. The van der Waals surface area contributed by atoms with E-state index >= 15 is 0 Å². The van der Waals surface area contributed by atoms with Gasteiger partial charge in [0.25, 0.3) is 0 Å². The largest absolute Gasteiger partial charge is 0.383 e. The summed E-state index contributed by atoms with van der Waals surface area (Å²) in [5, 5.41) is 0.733. The van der Waals surface area contributed by atoms with E-state index in [9.17, 15) is 0 Å². The van der Waals surface area contributed by atoms with Crippen LogP contribution >= 0.6 is 11.6 Å². The summed E-state index contributed by atoms with van der Waals surface area (Å²) in [6.07, 6.45) is 1.81. The van der Waals surface area contributed by atoms with Crippen molar-refractivity contribution < 1.29 is 4.74 Å². The van der Waals surface area contributed by atoms with Crippen molar-refractivity contribution in [1.29, 1.82) is 0 Å². The molecule has 0 atom stereocenters. The van der Waals surface area contributed by atoms with Gasteiger partial charge in [0.15, 0.2) is 0 Å². The minimum Gasteiger partial charge on any atom is -0.383 e. The molecule has 1 aromatic heterocycles. The number of hydrogen-bond donors (Lipinski definition) is 0.